The number of methoxy groups -OCH3 is 1. The number of benzene rings is 2. The fourth-order valence-electron chi connectivity index (χ4n) is 2.31. The third kappa shape index (κ3) is 3.28. The van der Waals surface area contributed by atoms with Crippen LogP contribution in [0.3, 0.4) is 0 Å². The largest absolute Gasteiger partial charge is 0.496 e. The fourth-order valence-corrected chi connectivity index (χ4v) is 2.48. The van der Waals surface area contributed by atoms with Crippen molar-refractivity contribution in [3.8, 4) is 5.75 Å². The summed E-state index contributed by atoms with van der Waals surface area (Å²) < 4.78 is 5.32. The quantitative estimate of drug-likeness (QED) is 0.878. The van der Waals surface area contributed by atoms with Crippen LogP contribution in [0.25, 0.3) is 0 Å². The Bertz CT molecular complexity index is 675. The molecule has 0 radical (unpaired) electrons. The van der Waals surface area contributed by atoms with Crippen LogP contribution in [0.1, 0.15) is 21.5 Å². The predicted octanol–water partition coefficient (Wildman–Crippen LogP) is 4.41. The summed E-state index contributed by atoms with van der Waals surface area (Å²) in [4.78, 5) is 11.3. The van der Waals surface area contributed by atoms with Gasteiger partial charge in [0.25, 0.3) is 0 Å². The van der Waals surface area contributed by atoms with Crippen LogP contribution >= 0.6 is 11.6 Å². The minimum Gasteiger partial charge on any atom is -0.496 e. The standard InChI is InChI=1S/C16H16ClNO3/c1-9-6-12(7-10(2)15(9)21-3)18-14-8-11(17)4-5-13(14)16(19)20/h4-8,18H,1-3H3,(H,19,20). The molecule has 0 atom stereocenters. The normalized spacial score (nSPS) is 10.3. The molecule has 110 valence electrons. The molecule has 0 aliphatic carbocycles. The van der Waals surface area contributed by atoms with Crippen LogP contribution in [-0.4, -0.2) is 18.2 Å². The molecular formula is C16H16ClNO3. The number of carboxylic acids is 1. The Morgan fingerprint density at radius 3 is 2.33 bits per heavy atom. The van der Waals surface area contributed by atoms with Gasteiger partial charge < -0.3 is 15.2 Å². The summed E-state index contributed by atoms with van der Waals surface area (Å²) in [5.74, 6) is -0.179. The highest BCUT2D eigenvalue weighted by Gasteiger charge is 2.12. The smallest absolute Gasteiger partial charge is 0.337 e. The maximum absolute atomic E-state index is 11.3. The average molecular weight is 306 g/mol. The number of halogens is 1. The van der Waals surface area contributed by atoms with E-state index in [-0.39, 0.29) is 5.56 Å². The van der Waals surface area contributed by atoms with Crippen LogP contribution in [-0.2, 0) is 0 Å². The monoisotopic (exact) mass is 305 g/mol. The average Bonchev–Trinajstić information content (AvgIpc) is 2.38. The highest BCUT2D eigenvalue weighted by Crippen LogP contribution is 2.30. The second kappa shape index (κ2) is 6.06. The third-order valence-electron chi connectivity index (χ3n) is 3.16. The van der Waals surface area contributed by atoms with Gasteiger partial charge in [-0.25, -0.2) is 4.79 Å². The Labute approximate surface area is 128 Å². The van der Waals surface area contributed by atoms with Gasteiger partial charge in [-0.05, 0) is 55.3 Å². The van der Waals surface area contributed by atoms with E-state index in [1.54, 1.807) is 19.2 Å². The molecule has 5 heteroatoms. The second-order valence-corrected chi connectivity index (χ2v) is 5.20. The number of rotatable bonds is 4. The molecule has 0 fully saturated rings. The minimum atomic E-state index is -1.00. The molecule has 21 heavy (non-hydrogen) atoms. The number of carboxylic acid groups (broad SMARTS) is 1. The maximum atomic E-state index is 11.3. The van der Waals surface area contributed by atoms with Crippen molar-refractivity contribution >= 4 is 28.9 Å². The van der Waals surface area contributed by atoms with E-state index in [9.17, 15) is 9.90 Å². The zero-order chi connectivity index (χ0) is 15.6. The van der Waals surface area contributed by atoms with Crippen LogP contribution in [0, 0.1) is 13.8 Å². The molecule has 2 N–H and O–H groups in total. The molecule has 2 rings (SSSR count). The number of ether oxygens (including phenoxy) is 1. The molecule has 0 aromatic heterocycles. The second-order valence-electron chi connectivity index (χ2n) is 4.76. The third-order valence-corrected chi connectivity index (χ3v) is 3.39. The summed E-state index contributed by atoms with van der Waals surface area (Å²) >= 11 is 5.95. The first kappa shape index (κ1) is 15.2. The molecule has 0 bridgehead atoms. The molecule has 0 unspecified atom stereocenters. The van der Waals surface area contributed by atoms with Gasteiger partial charge in [0, 0.05) is 10.7 Å². The van der Waals surface area contributed by atoms with Crippen molar-refractivity contribution in [1.82, 2.24) is 0 Å². The van der Waals surface area contributed by atoms with Gasteiger partial charge in [-0.15, -0.1) is 0 Å². The topological polar surface area (TPSA) is 58.6 Å². The Morgan fingerprint density at radius 1 is 1.19 bits per heavy atom. The van der Waals surface area contributed by atoms with Gasteiger partial charge in [0.15, 0.2) is 0 Å². The molecule has 0 aliphatic rings. The molecule has 2 aromatic carbocycles. The van der Waals surface area contributed by atoms with Gasteiger partial charge in [0.2, 0.25) is 0 Å². The van der Waals surface area contributed by atoms with Crippen molar-refractivity contribution in [3.05, 3.63) is 52.0 Å². The number of hydrogen-bond acceptors (Lipinski definition) is 3. The summed E-state index contributed by atoms with van der Waals surface area (Å²) in [5.41, 5.74) is 3.36. The SMILES string of the molecule is COc1c(C)cc(Nc2cc(Cl)ccc2C(=O)O)cc1C. The number of hydrogen-bond donors (Lipinski definition) is 2. The van der Waals surface area contributed by atoms with Crippen molar-refractivity contribution < 1.29 is 14.6 Å². The molecule has 0 amide bonds. The Hall–Kier alpha value is -2.20. The van der Waals surface area contributed by atoms with E-state index in [1.165, 1.54) is 6.07 Å². The highest BCUT2D eigenvalue weighted by atomic mass is 35.5. The van der Waals surface area contributed by atoms with E-state index in [0.29, 0.717) is 10.7 Å². The van der Waals surface area contributed by atoms with E-state index in [2.05, 4.69) is 5.32 Å². The zero-order valence-corrected chi connectivity index (χ0v) is 12.8. The molecule has 0 saturated heterocycles. The molecule has 0 saturated carbocycles. The summed E-state index contributed by atoms with van der Waals surface area (Å²) in [6, 6.07) is 8.44. The van der Waals surface area contributed by atoms with E-state index < -0.39 is 5.97 Å². The van der Waals surface area contributed by atoms with Crippen LogP contribution in [0.5, 0.6) is 5.75 Å². The number of carbonyl (C=O) groups is 1. The summed E-state index contributed by atoms with van der Waals surface area (Å²) in [6.45, 7) is 3.88. The molecule has 2 aromatic rings. The van der Waals surface area contributed by atoms with Gasteiger partial charge >= 0.3 is 5.97 Å². The van der Waals surface area contributed by atoms with Gasteiger partial charge in [-0.1, -0.05) is 11.6 Å². The first-order valence-electron chi connectivity index (χ1n) is 6.37. The van der Waals surface area contributed by atoms with Crippen LogP contribution < -0.4 is 10.1 Å². The van der Waals surface area contributed by atoms with Crippen molar-refractivity contribution in [2.75, 3.05) is 12.4 Å². The van der Waals surface area contributed by atoms with E-state index in [0.717, 1.165) is 22.6 Å². The first-order valence-corrected chi connectivity index (χ1v) is 6.75. The van der Waals surface area contributed by atoms with Gasteiger partial charge in [0.1, 0.15) is 5.75 Å². The van der Waals surface area contributed by atoms with Gasteiger partial charge in [0.05, 0.1) is 18.4 Å². The van der Waals surface area contributed by atoms with Crippen LogP contribution in [0.2, 0.25) is 5.02 Å². The number of anilines is 2. The lowest BCUT2D eigenvalue weighted by Crippen LogP contribution is -2.03. The van der Waals surface area contributed by atoms with Gasteiger partial charge in [-0.2, -0.15) is 0 Å². The van der Waals surface area contributed by atoms with Crippen LogP contribution in [0.15, 0.2) is 30.3 Å². The number of aromatic carboxylic acids is 1. The minimum absolute atomic E-state index is 0.172. The Kier molecular flexibility index (Phi) is 4.38. The molecule has 0 aliphatic heterocycles. The number of aryl methyl sites for hydroxylation is 2. The fraction of sp³-hybridized carbons (Fsp3) is 0.188. The lowest BCUT2D eigenvalue weighted by Gasteiger charge is -2.14. The lowest BCUT2D eigenvalue weighted by atomic mass is 10.1. The van der Waals surface area contributed by atoms with Crippen molar-refractivity contribution in [2.45, 2.75) is 13.8 Å². The van der Waals surface area contributed by atoms with Crippen LogP contribution in [0.4, 0.5) is 11.4 Å². The molecular weight excluding hydrogens is 290 g/mol. The van der Waals surface area contributed by atoms with E-state index in [4.69, 9.17) is 16.3 Å². The Morgan fingerprint density at radius 2 is 1.81 bits per heavy atom. The first-order chi connectivity index (χ1) is 9.92. The molecule has 4 nitrogen and oxygen atoms in total. The lowest BCUT2D eigenvalue weighted by molar-refractivity contribution is 0.0698. The maximum Gasteiger partial charge on any atom is 0.337 e. The predicted molar refractivity (Wildman–Crippen MR) is 84.2 cm³/mol. The zero-order valence-electron chi connectivity index (χ0n) is 12.0. The van der Waals surface area contributed by atoms with E-state index >= 15 is 0 Å². The Balaban J connectivity index is 2.43. The molecule has 0 heterocycles. The highest BCUT2D eigenvalue weighted by molar-refractivity contribution is 6.31. The summed E-state index contributed by atoms with van der Waals surface area (Å²) in [5, 5.41) is 12.8. The van der Waals surface area contributed by atoms with Crippen molar-refractivity contribution in [3.63, 3.8) is 0 Å². The summed E-state index contributed by atoms with van der Waals surface area (Å²) in [6.07, 6.45) is 0. The molecule has 0 spiro atoms. The summed E-state index contributed by atoms with van der Waals surface area (Å²) in [7, 11) is 1.63. The van der Waals surface area contributed by atoms with E-state index in [1.807, 2.05) is 26.0 Å². The van der Waals surface area contributed by atoms with Crippen molar-refractivity contribution in [2.24, 2.45) is 0 Å². The van der Waals surface area contributed by atoms with Crippen molar-refractivity contribution in [1.29, 1.82) is 0 Å². The van der Waals surface area contributed by atoms with Gasteiger partial charge in [-0.3, -0.25) is 0 Å². The number of nitrogens with one attached hydrogen (secondary N) is 1.